The van der Waals surface area contributed by atoms with Crippen LogP contribution in [0.3, 0.4) is 0 Å². The van der Waals surface area contributed by atoms with Crippen LogP contribution < -0.4 is 10.1 Å². The van der Waals surface area contributed by atoms with E-state index in [2.05, 4.69) is 15.5 Å². The van der Waals surface area contributed by atoms with Crippen LogP contribution in [0.25, 0.3) is 5.65 Å². The Hall–Kier alpha value is -2.63. The van der Waals surface area contributed by atoms with Gasteiger partial charge in [0.15, 0.2) is 10.8 Å². The predicted molar refractivity (Wildman–Crippen MR) is 118 cm³/mol. The van der Waals surface area contributed by atoms with E-state index in [9.17, 15) is 13.2 Å². The summed E-state index contributed by atoms with van der Waals surface area (Å²) >= 11 is 1.25. The second kappa shape index (κ2) is 9.25. The van der Waals surface area contributed by atoms with E-state index in [-0.39, 0.29) is 22.3 Å². The molecule has 0 radical (unpaired) electrons. The number of carbonyl (C=O) groups excluding carboxylic acids is 1. The summed E-state index contributed by atoms with van der Waals surface area (Å²) in [6.07, 6.45) is 3.51. The summed E-state index contributed by atoms with van der Waals surface area (Å²) in [5, 5.41) is 11.5. The molecule has 1 amide bonds. The number of carbonyl (C=O) groups is 1. The maximum Gasteiger partial charge on any atom is 0.246 e. The van der Waals surface area contributed by atoms with Crippen LogP contribution in [0.2, 0.25) is 0 Å². The van der Waals surface area contributed by atoms with Crippen LogP contribution in [0.5, 0.6) is 5.75 Å². The Morgan fingerprint density at radius 2 is 2.00 bits per heavy atom. The molecule has 1 aliphatic heterocycles. The average molecular weight is 462 g/mol. The lowest BCUT2D eigenvalue weighted by Crippen LogP contribution is -2.28. The lowest BCUT2D eigenvalue weighted by Gasteiger charge is -2.19. The number of fused-ring (bicyclic) bond motifs is 1. The molecule has 0 unspecified atom stereocenters. The molecule has 3 heterocycles. The van der Waals surface area contributed by atoms with Gasteiger partial charge in [-0.25, -0.2) is 8.42 Å². The number of nitrogens with zero attached hydrogens (tertiary/aromatic N) is 4. The quantitative estimate of drug-likeness (QED) is 0.514. The number of sulfonamides is 1. The topological polar surface area (TPSA) is 106 Å². The van der Waals surface area contributed by atoms with Crippen molar-refractivity contribution in [3.8, 4) is 5.75 Å². The fourth-order valence-electron chi connectivity index (χ4n) is 3.37. The van der Waals surface area contributed by atoms with Crippen LogP contribution in [0.4, 0.5) is 5.69 Å². The molecule has 0 spiro atoms. The van der Waals surface area contributed by atoms with E-state index >= 15 is 0 Å². The molecule has 0 aliphatic carbocycles. The normalized spacial score (nSPS) is 14.7. The number of thioether (sulfide) groups is 1. The zero-order chi connectivity index (χ0) is 21.8. The van der Waals surface area contributed by atoms with Crippen LogP contribution in [-0.4, -0.2) is 58.7 Å². The van der Waals surface area contributed by atoms with Gasteiger partial charge in [0.1, 0.15) is 10.6 Å². The minimum Gasteiger partial charge on any atom is -0.492 e. The molecule has 1 saturated heterocycles. The molecule has 3 aromatic rings. The Morgan fingerprint density at radius 3 is 2.77 bits per heavy atom. The van der Waals surface area contributed by atoms with Crippen LogP contribution in [-0.2, 0) is 14.8 Å². The van der Waals surface area contributed by atoms with Crippen LogP contribution in [0, 0.1) is 0 Å². The highest BCUT2D eigenvalue weighted by Crippen LogP contribution is 2.31. The minimum atomic E-state index is -3.69. The number of ether oxygens (including phenoxy) is 1. The minimum absolute atomic E-state index is 0.0742. The van der Waals surface area contributed by atoms with Gasteiger partial charge in [0.05, 0.1) is 12.4 Å². The molecule has 1 N–H and O–H groups in total. The number of pyridine rings is 1. The predicted octanol–water partition coefficient (Wildman–Crippen LogP) is 2.64. The molecule has 0 bridgehead atoms. The Labute approximate surface area is 184 Å². The standard InChI is InChI=1S/C20H23N5O4S2/c1-2-29-16-9-8-15(13-17(16)31(27,28)24-10-5-6-11-24)21-19(26)14-30-20-23-22-18-7-3-4-12-25(18)20/h3-4,7-9,12-13H,2,5-6,10-11,14H2,1H3,(H,21,26). The van der Waals surface area contributed by atoms with Crippen molar-refractivity contribution in [1.82, 2.24) is 18.9 Å². The molecule has 1 aliphatic rings. The van der Waals surface area contributed by atoms with E-state index in [1.54, 1.807) is 23.5 Å². The van der Waals surface area contributed by atoms with Gasteiger partial charge >= 0.3 is 0 Å². The highest BCUT2D eigenvalue weighted by atomic mass is 32.2. The van der Waals surface area contributed by atoms with Crippen LogP contribution >= 0.6 is 11.8 Å². The van der Waals surface area contributed by atoms with Gasteiger partial charge in [0.25, 0.3) is 0 Å². The van der Waals surface area contributed by atoms with Crippen molar-refractivity contribution < 1.29 is 17.9 Å². The summed E-state index contributed by atoms with van der Waals surface area (Å²) < 4.78 is 35.0. The Kier molecular flexibility index (Phi) is 6.44. The molecule has 1 fully saturated rings. The number of nitrogens with one attached hydrogen (secondary N) is 1. The molecule has 11 heteroatoms. The molecule has 1 aromatic carbocycles. The summed E-state index contributed by atoms with van der Waals surface area (Å²) in [6, 6.07) is 10.3. The highest BCUT2D eigenvalue weighted by Gasteiger charge is 2.30. The monoisotopic (exact) mass is 461 g/mol. The number of hydrogen-bond acceptors (Lipinski definition) is 7. The van der Waals surface area contributed by atoms with Gasteiger partial charge in [-0.05, 0) is 50.1 Å². The lowest BCUT2D eigenvalue weighted by molar-refractivity contribution is -0.113. The van der Waals surface area contributed by atoms with Crippen molar-refractivity contribution in [2.75, 3.05) is 30.8 Å². The summed E-state index contributed by atoms with van der Waals surface area (Å²) in [4.78, 5) is 12.6. The Bertz CT molecular complexity index is 1190. The summed E-state index contributed by atoms with van der Waals surface area (Å²) in [7, 11) is -3.69. The van der Waals surface area contributed by atoms with Crippen molar-refractivity contribution in [2.24, 2.45) is 0 Å². The van der Waals surface area contributed by atoms with Crippen molar-refractivity contribution in [1.29, 1.82) is 0 Å². The SMILES string of the molecule is CCOc1ccc(NC(=O)CSc2nnc3ccccn23)cc1S(=O)(=O)N1CCCC1. The number of rotatable bonds is 8. The molecule has 31 heavy (non-hydrogen) atoms. The second-order valence-corrected chi connectivity index (χ2v) is 9.80. The van der Waals surface area contributed by atoms with Gasteiger partial charge in [-0.1, -0.05) is 17.8 Å². The molecule has 164 valence electrons. The number of aromatic nitrogens is 3. The first-order valence-corrected chi connectivity index (χ1v) is 12.4. The largest absolute Gasteiger partial charge is 0.492 e. The Morgan fingerprint density at radius 1 is 1.19 bits per heavy atom. The molecule has 4 rings (SSSR count). The smallest absolute Gasteiger partial charge is 0.246 e. The zero-order valence-electron chi connectivity index (χ0n) is 17.0. The van der Waals surface area contributed by atoms with E-state index in [0.717, 1.165) is 12.8 Å². The molecular weight excluding hydrogens is 438 g/mol. The van der Waals surface area contributed by atoms with E-state index in [4.69, 9.17) is 4.74 Å². The van der Waals surface area contributed by atoms with Gasteiger partial charge in [-0.15, -0.1) is 10.2 Å². The summed E-state index contributed by atoms with van der Waals surface area (Å²) in [5.41, 5.74) is 1.10. The van der Waals surface area contributed by atoms with Crippen molar-refractivity contribution in [3.63, 3.8) is 0 Å². The first-order valence-electron chi connectivity index (χ1n) is 9.98. The van der Waals surface area contributed by atoms with E-state index < -0.39 is 10.0 Å². The number of hydrogen-bond donors (Lipinski definition) is 1. The van der Waals surface area contributed by atoms with Gasteiger partial charge in [-0.2, -0.15) is 4.31 Å². The van der Waals surface area contributed by atoms with E-state index in [1.165, 1.54) is 22.1 Å². The van der Waals surface area contributed by atoms with Crippen molar-refractivity contribution in [3.05, 3.63) is 42.6 Å². The lowest BCUT2D eigenvalue weighted by atomic mass is 10.3. The average Bonchev–Trinajstić information content (AvgIpc) is 3.44. The first-order chi connectivity index (χ1) is 15.0. The number of anilines is 1. The van der Waals surface area contributed by atoms with Crippen LogP contribution in [0.1, 0.15) is 19.8 Å². The fourth-order valence-corrected chi connectivity index (χ4v) is 5.77. The van der Waals surface area contributed by atoms with E-state index in [1.807, 2.05) is 24.4 Å². The van der Waals surface area contributed by atoms with Gasteiger partial charge < -0.3 is 10.1 Å². The van der Waals surface area contributed by atoms with Crippen LogP contribution in [0.15, 0.2) is 52.6 Å². The second-order valence-electron chi connectivity index (χ2n) is 6.95. The molecule has 2 aromatic heterocycles. The number of amides is 1. The summed E-state index contributed by atoms with van der Waals surface area (Å²) in [6.45, 7) is 3.13. The van der Waals surface area contributed by atoms with Crippen molar-refractivity contribution in [2.45, 2.75) is 29.8 Å². The first kappa shape index (κ1) is 21.6. The number of benzene rings is 1. The maximum atomic E-state index is 13.1. The van der Waals surface area contributed by atoms with Gasteiger partial charge in [0, 0.05) is 25.0 Å². The third-order valence-electron chi connectivity index (χ3n) is 4.82. The Balaban J connectivity index is 1.49. The third kappa shape index (κ3) is 4.68. The zero-order valence-corrected chi connectivity index (χ0v) is 18.7. The molecule has 9 nitrogen and oxygen atoms in total. The fraction of sp³-hybridized carbons (Fsp3) is 0.350. The van der Waals surface area contributed by atoms with Crippen molar-refractivity contribution >= 4 is 39.0 Å². The van der Waals surface area contributed by atoms with Gasteiger partial charge in [-0.3, -0.25) is 9.20 Å². The highest BCUT2D eigenvalue weighted by molar-refractivity contribution is 7.99. The van der Waals surface area contributed by atoms with Gasteiger partial charge in [0.2, 0.25) is 15.9 Å². The molecular formula is C20H23N5O4S2. The molecule has 0 saturated carbocycles. The third-order valence-corrected chi connectivity index (χ3v) is 7.69. The maximum absolute atomic E-state index is 13.1. The molecule has 0 atom stereocenters. The summed E-state index contributed by atoms with van der Waals surface area (Å²) in [5.74, 6) is 0.125. The van der Waals surface area contributed by atoms with E-state index in [0.29, 0.717) is 36.2 Å².